The van der Waals surface area contributed by atoms with Crippen LogP contribution in [0.4, 0.5) is 4.79 Å². The van der Waals surface area contributed by atoms with E-state index in [1.54, 1.807) is 0 Å². The van der Waals surface area contributed by atoms with E-state index in [9.17, 15) is 33.9 Å². The molecule has 0 unspecified atom stereocenters. The maximum absolute atomic E-state index is 13.2. The van der Waals surface area contributed by atoms with Gasteiger partial charge in [-0.05, 0) is 91.6 Å². The molecule has 1 aliphatic rings. The molecule has 0 heterocycles. The van der Waals surface area contributed by atoms with E-state index in [4.69, 9.17) is 11.3 Å². The summed E-state index contributed by atoms with van der Waals surface area (Å²) in [6.45, 7) is 0.984. The topological polar surface area (TPSA) is 226 Å². The number of rotatable bonds is 20. The summed E-state index contributed by atoms with van der Waals surface area (Å²) in [6.07, 6.45) is 2.55. The molecule has 0 saturated heterocycles. The second kappa shape index (κ2) is 19.7. The third-order valence-electron chi connectivity index (χ3n) is 7.48. The standard InChI is InChI=1S/C29H42IN5O9/c30-21-6-2-1-5-20(21)15-23(33-26(39)19-10-8-18(16-31)9-11-19)27(40)32-14-4-3-7-24(44-17-36)35-29(43)34-22(28(41)42)12-13-25(37)38/h1-2,5-6,17-19,22-24H,3-4,7-16,31H2,(H,32,40)(H,33,39)(H,37,38)(H,41,42)(H2,34,35,43)/t18?,19?,22-,23-,24+/m0/s1/i/hD. The van der Waals surface area contributed by atoms with Gasteiger partial charge in [0.2, 0.25) is 11.8 Å². The number of hydrogen-bond acceptors (Lipinski definition) is 8. The minimum atomic E-state index is -1.44. The van der Waals surface area contributed by atoms with Gasteiger partial charge in [-0.3, -0.25) is 19.2 Å². The molecule has 244 valence electrons. The van der Waals surface area contributed by atoms with Gasteiger partial charge < -0.3 is 41.9 Å². The van der Waals surface area contributed by atoms with Crippen molar-refractivity contribution in [1.82, 2.24) is 21.3 Å². The van der Waals surface area contributed by atoms with E-state index in [1.165, 1.54) is 0 Å². The Hall–Kier alpha value is -3.47. The van der Waals surface area contributed by atoms with Crippen LogP contribution in [0.2, 0.25) is 1.41 Å². The molecule has 0 aliphatic heterocycles. The van der Waals surface area contributed by atoms with Gasteiger partial charge in [-0.2, -0.15) is 0 Å². The third kappa shape index (κ3) is 13.4. The molecule has 8 N–H and O–H groups in total. The van der Waals surface area contributed by atoms with Crippen molar-refractivity contribution < 1.29 is 45.1 Å². The Morgan fingerprint density at radius 3 is 2.39 bits per heavy atom. The van der Waals surface area contributed by atoms with Gasteiger partial charge in [-0.25, -0.2) is 9.59 Å². The molecule has 2 rings (SSSR count). The molecule has 0 bridgehead atoms. The molecular weight excluding hydrogens is 689 g/mol. The van der Waals surface area contributed by atoms with Crippen molar-refractivity contribution in [2.75, 3.05) is 13.1 Å². The van der Waals surface area contributed by atoms with Crippen molar-refractivity contribution in [1.29, 1.82) is 0 Å². The number of unbranched alkanes of at least 4 members (excludes halogenated alkanes) is 1. The number of nitrogens with two attached hydrogens (primary N) is 1. The van der Waals surface area contributed by atoms with E-state index < -0.39 is 42.7 Å². The number of benzene rings is 1. The van der Waals surface area contributed by atoms with E-state index in [0.717, 1.165) is 22.0 Å². The van der Waals surface area contributed by atoms with Crippen LogP contribution in [0.25, 0.3) is 0 Å². The zero-order valence-corrected chi connectivity index (χ0v) is 26.5. The quantitative estimate of drug-likeness (QED) is 0.0443. The highest BCUT2D eigenvalue weighted by Gasteiger charge is 2.29. The predicted octanol–water partition coefficient (Wildman–Crippen LogP) is 1.49. The van der Waals surface area contributed by atoms with Crippen LogP contribution < -0.4 is 27.0 Å². The largest absolute Gasteiger partial charge is 0.481 e. The van der Waals surface area contributed by atoms with Crippen LogP contribution in [0.1, 0.15) is 63.4 Å². The smallest absolute Gasteiger partial charge is 0.326 e. The summed E-state index contributed by atoms with van der Waals surface area (Å²) < 4.78 is 13.0. The number of urea groups is 1. The second-order valence-electron chi connectivity index (χ2n) is 10.7. The molecule has 0 aromatic heterocycles. The number of carboxylic acid groups (broad SMARTS) is 2. The van der Waals surface area contributed by atoms with Gasteiger partial charge in [-0.1, -0.05) is 18.2 Å². The van der Waals surface area contributed by atoms with Crippen LogP contribution in [0.5, 0.6) is 0 Å². The molecule has 1 saturated carbocycles. The SMILES string of the molecule is [2H]NCC1CCC(C(=O)N[C@@H](Cc2ccccc2I)C(=O)NCCCC[C@H](NC(=O)N[C@@H](CCC(=O)O)C(=O)O)OC=O)CC1. The Morgan fingerprint density at radius 1 is 1.02 bits per heavy atom. The highest BCUT2D eigenvalue weighted by atomic mass is 127. The van der Waals surface area contributed by atoms with E-state index in [2.05, 4.69) is 49.6 Å². The molecule has 3 atom stereocenters. The second-order valence-corrected chi connectivity index (χ2v) is 11.9. The Morgan fingerprint density at radius 2 is 1.75 bits per heavy atom. The van der Waals surface area contributed by atoms with Crippen molar-refractivity contribution in [3.8, 4) is 0 Å². The van der Waals surface area contributed by atoms with Crippen molar-refractivity contribution in [2.45, 2.75) is 82.5 Å². The Bertz CT molecular complexity index is 1150. The van der Waals surface area contributed by atoms with E-state index in [-0.39, 0.29) is 43.6 Å². The van der Waals surface area contributed by atoms with Gasteiger partial charge in [0.05, 0.1) is 0 Å². The van der Waals surface area contributed by atoms with E-state index >= 15 is 0 Å². The first-order valence-electron chi connectivity index (χ1n) is 15.1. The fourth-order valence-electron chi connectivity index (χ4n) is 4.91. The van der Waals surface area contributed by atoms with Gasteiger partial charge in [0.25, 0.3) is 6.47 Å². The molecule has 1 aliphatic carbocycles. The first kappa shape index (κ1) is 35.0. The monoisotopic (exact) mass is 732 g/mol. The number of carboxylic acids is 2. The molecule has 14 nitrogen and oxygen atoms in total. The number of amides is 4. The molecular formula is C29H42IN5O9. The summed E-state index contributed by atoms with van der Waals surface area (Å²) in [6, 6.07) is 4.44. The van der Waals surface area contributed by atoms with Gasteiger partial charge in [0, 0.05) is 35.3 Å². The minimum Gasteiger partial charge on any atom is -0.481 e. The summed E-state index contributed by atoms with van der Waals surface area (Å²) in [5.41, 5.74) is 3.37. The average Bonchev–Trinajstić information content (AvgIpc) is 3.00. The van der Waals surface area contributed by atoms with E-state index in [0.29, 0.717) is 44.6 Å². The molecule has 15 heteroatoms. The lowest BCUT2D eigenvalue weighted by molar-refractivity contribution is -0.141. The molecule has 1 aromatic carbocycles. The number of hydrogen-bond donors (Lipinski definition) is 7. The summed E-state index contributed by atoms with van der Waals surface area (Å²) in [5.74, 6) is -2.95. The van der Waals surface area contributed by atoms with Gasteiger partial charge in [0.1, 0.15) is 13.5 Å². The molecule has 44 heavy (non-hydrogen) atoms. The van der Waals surface area contributed by atoms with Crippen molar-refractivity contribution in [3.05, 3.63) is 33.4 Å². The number of carbonyl (C=O) groups excluding carboxylic acids is 4. The van der Waals surface area contributed by atoms with Crippen molar-refractivity contribution >= 4 is 58.8 Å². The summed E-state index contributed by atoms with van der Waals surface area (Å²) in [7, 11) is 0. The van der Waals surface area contributed by atoms with Crippen LogP contribution in [0, 0.1) is 15.4 Å². The molecule has 0 spiro atoms. The van der Waals surface area contributed by atoms with Crippen LogP contribution in [-0.2, 0) is 35.1 Å². The maximum atomic E-state index is 13.2. The Balaban J connectivity index is 1.88. The van der Waals surface area contributed by atoms with Crippen LogP contribution in [0.15, 0.2) is 24.3 Å². The van der Waals surface area contributed by atoms with Gasteiger partial charge >= 0.3 is 18.0 Å². The minimum absolute atomic E-state index is 0.142. The number of carbonyl (C=O) groups is 6. The predicted molar refractivity (Wildman–Crippen MR) is 167 cm³/mol. The van der Waals surface area contributed by atoms with Crippen LogP contribution in [-0.4, -0.2) is 77.9 Å². The Kier molecular flexibility index (Phi) is 15.7. The number of ether oxygens (including phenoxy) is 1. The fourth-order valence-corrected chi connectivity index (χ4v) is 5.52. The highest BCUT2D eigenvalue weighted by Crippen LogP contribution is 2.28. The van der Waals surface area contributed by atoms with Gasteiger partial charge in [0.15, 0.2) is 6.23 Å². The lowest BCUT2D eigenvalue weighted by Crippen LogP contribution is -2.50. The zero-order chi connectivity index (χ0) is 33.2. The maximum Gasteiger partial charge on any atom is 0.326 e. The molecule has 1 aromatic rings. The van der Waals surface area contributed by atoms with E-state index in [1.807, 2.05) is 24.3 Å². The van der Waals surface area contributed by atoms with Crippen LogP contribution in [0.3, 0.4) is 0 Å². The van der Waals surface area contributed by atoms with Crippen molar-refractivity contribution in [3.63, 3.8) is 0 Å². The number of aliphatic carboxylic acids is 2. The van der Waals surface area contributed by atoms with Crippen molar-refractivity contribution in [2.24, 2.45) is 17.6 Å². The lowest BCUT2D eigenvalue weighted by Gasteiger charge is -2.28. The summed E-state index contributed by atoms with van der Waals surface area (Å²) >= 11 is 2.19. The first-order valence-corrected chi connectivity index (χ1v) is 15.7. The molecule has 4 amide bonds. The normalized spacial score (nSPS) is 18.4. The van der Waals surface area contributed by atoms with Crippen LogP contribution >= 0.6 is 22.6 Å². The summed E-state index contributed by atoms with van der Waals surface area (Å²) in [4.78, 5) is 71.6. The lowest BCUT2D eigenvalue weighted by atomic mass is 9.81. The fraction of sp³-hybridized carbons (Fsp3) is 0.586. The van der Waals surface area contributed by atoms with Gasteiger partial charge in [-0.15, -0.1) is 0 Å². The first-order chi connectivity index (χ1) is 21.5. The highest BCUT2D eigenvalue weighted by molar-refractivity contribution is 14.1. The average molecular weight is 733 g/mol. The Labute approximate surface area is 271 Å². The zero-order valence-electron chi connectivity index (χ0n) is 25.4. The third-order valence-corrected chi connectivity index (χ3v) is 8.53. The summed E-state index contributed by atoms with van der Waals surface area (Å²) in [5, 5.41) is 28.3. The molecule has 1 fully saturated rings. The number of halogens is 1. The molecule has 0 radical (unpaired) electrons. The number of nitrogens with one attached hydrogen (secondary N) is 4.